The van der Waals surface area contributed by atoms with E-state index in [-0.39, 0.29) is 0 Å². The summed E-state index contributed by atoms with van der Waals surface area (Å²) in [6.07, 6.45) is 0. The molecule has 57 heavy (non-hydrogen) atoms. The lowest BCUT2D eigenvalue weighted by Crippen LogP contribution is -2.26. The van der Waals surface area contributed by atoms with Crippen LogP contribution in [0.4, 0.5) is 17.1 Å². The lowest BCUT2D eigenvalue weighted by molar-refractivity contribution is 0.794. The van der Waals surface area contributed by atoms with Gasteiger partial charge in [-0.1, -0.05) is 163 Å². The van der Waals surface area contributed by atoms with Gasteiger partial charge in [0, 0.05) is 15.5 Å². The Balaban J connectivity index is 1.07. The average molecular weight is 740 g/mol. The molecule has 0 bridgehead atoms. The molecule has 0 unspecified atom stereocenters. The highest BCUT2D eigenvalue weighted by Crippen LogP contribution is 2.64. The van der Waals surface area contributed by atoms with Gasteiger partial charge in [-0.15, -0.1) is 0 Å². The maximum atomic E-state index is 2.51. The molecule has 0 amide bonds. The zero-order chi connectivity index (χ0) is 37.2. The van der Waals surface area contributed by atoms with E-state index in [0.29, 0.717) is 0 Å². The van der Waals surface area contributed by atoms with Crippen molar-refractivity contribution in [3.05, 3.63) is 222 Å². The van der Waals surface area contributed by atoms with Crippen molar-refractivity contribution in [2.75, 3.05) is 4.90 Å². The van der Waals surface area contributed by atoms with Gasteiger partial charge in [0.15, 0.2) is 0 Å². The second-order valence-corrected chi connectivity index (χ2v) is 16.6. The SMILES string of the molecule is c1ccc2c(c1)Sc1ccccc1N2c1ccc2c(c1)C1(c3ccccc3-c3ccccc31)c1cc(-c3ccc4c5ccccc5c5ccccc5c4c3)ccc1-2. The maximum absolute atomic E-state index is 2.51. The van der Waals surface area contributed by atoms with Gasteiger partial charge in [-0.2, -0.15) is 0 Å². The van der Waals surface area contributed by atoms with Crippen molar-refractivity contribution in [1.82, 2.24) is 0 Å². The molecule has 0 saturated carbocycles. The Morgan fingerprint density at radius 3 is 1.39 bits per heavy atom. The molecule has 2 heteroatoms. The number of benzene rings is 10. The molecule has 0 atom stereocenters. The fourth-order valence-corrected chi connectivity index (χ4v) is 11.6. The van der Waals surface area contributed by atoms with Crippen LogP contribution in [0, 0.1) is 0 Å². The Morgan fingerprint density at radius 2 is 0.754 bits per heavy atom. The Morgan fingerprint density at radius 1 is 0.316 bits per heavy atom. The predicted octanol–water partition coefficient (Wildman–Crippen LogP) is 15.1. The van der Waals surface area contributed by atoms with Gasteiger partial charge in [0.2, 0.25) is 0 Å². The minimum Gasteiger partial charge on any atom is -0.308 e. The lowest BCUT2D eigenvalue weighted by atomic mass is 9.70. The van der Waals surface area contributed by atoms with Crippen LogP contribution in [0.15, 0.2) is 210 Å². The van der Waals surface area contributed by atoms with Crippen LogP contribution in [-0.2, 0) is 5.41 Å². The number of para-hydroxylation sites is 2. The molecule has 3 aliphatic rings. The molecular formula is C55H33NS. The standard InChI is InChI=1S/C55H33NS/c1-2-15-39-37(13-1)38-14-3-4-16-40(38)46-31-34(25-28-41(39)46)35-26-29-44-45-30-27-36(56-51-21-9-11-23-53(51)57-54-24-12-10-22-52(54)56)33-50(45)55(49(44)32-35)47-19-7-5-17-42(47)43-18-6-8-20-48(43)55/h1-33H. The Kier molecular flexibility index (Phi) is 6.37. The van der Waals surface area contributed by atoms with E-state index in [2.05, 4.69) is 205 Å². The zero-order valence-electron chi connectivity index (χ0n) is 30.9. The zero-order valence-corrected chi connectivity index (χ0v) is 31.7. The fourth-order valence-electron chi connectivity index (χ4n) is 10.5. The van der Waals surface area contributed by atoms with Crippen molar-refractivity contribution in [3.8, 4) is 33.4 Å². The summed E-state index contributed by atoms with van der Waals surface area (Å²) in [5.74, 6) is 0. The molecule has 1 aliphatic heterocycles. The number of nitrogens with zero attached hydrogens (tertiary/aromatic N) is 1. The van der Waals surface area contributed by atoms with Crippen LogP contribution >= 0.6 is 11.8 Å². The van der Waals surface area contributed by atoms with E-state index in [1.807, 2.05) is 11.8 Å². The van der Waals surface area contributed by atoms with Crippen LogP contribution in [0.1, 0.15) is 22.3 Å². The largest absolute Gasteiger partial charge is 0.308 e. The van der Waals surface area contributed by atoms with E-state index in [1.54, 1.807) is 0 Å². The van der Waals surface area contributed by atoms with Crippen molar-refractivity contribution >= 4 is 61.1 Å². The summed E-state index contributed by atoms with van der Waals surface area (Å²) in [5.41, 5.74) is 16.2. The van der Waals surface area contributed by atoms with Crippen molar-refractivity contribution in [3.63, 3.8) is 0 Å². The van der Waals surface area contributed by atoms with Gasteiger partial charge in [-0.3, -0.25) is 0 Å². The van der Waals surface area contributed by atoms with Crippen LogP contribution in [0.3, 0.4) is 0 Å². The number of hydrogen-bond acceptors (Lipinski definition) is 2. The molecular weight excluding hydrogens is 707 g/mol. The summed E-state index contributed by atoms with van der Waals surface area (Å²) in [6, 6.07) is 75.2. The van der Waals surface area contributed by atoms with Crippen LogP contribution in [0.2, 0.25) is 0 Å². The van der Waals surface area contributed by atoms with Crippen LogP contribution < -0.4 is 4.90 Å². The summed E-state index contributed by atoms with van der Waals surface area (Å²) in [6.45, 7) is 0. The average Bonchev–Trinajstić information content (AvgIpc) is 3.75. The van der Waals surface area contributed by atoms with Gasteiger partial charge < -0.3 is 4.90 Å². The fraction of sp³-hybridized carbons (Fsp3) is 0.0182. The summed E-state index contributed by atoms with van der Waals surface area (Å²) in [4.78, 5) is 5.01. The third kappa shape index (κ3) is 4.15. The second-order valence-electron chi connectivity index (χ2n) is 15.6. The van der Waals surface area contributed by atoms with Gasteiger partial charge in [-0.25, -0.2) is 0 Å². The summed E-state index contributed by atoms with van der Waals surface area (Å²) in [7, 11) is 0. The molecule has 10 aromatic carbocycles. The maximum Gasteiger partial charge on any atom is 0.0726 e. The molecule has 0 N–H and O–H groups in total. The Hall–Kier alpha value is -6.87. The quantitative estimate of drug-likeness (QED) is 0.162. The highest BCUT2D eigenvalue weighted by molar-refractivity contribution is 7.99. The molecule has 1 heterocycles. The second kappa shape index (κ2) is 11.6. The first-order valence-corrected chi connectivity index (χ1v) is 20.6. The van der Waals surface area contributed by atoms with Crippen LogP contribution in [0.5, 0.6) is 0 Å². The molecule has 264 valence electrons. The normalized spacial score (nSPS) is 14.0. The van der Waals surface area contributed by atoms with Crippen molar-refractivity contribution in [2.24, 2.45) is 0 Å². The lowest BCUT2D eigenvalue weighted by Gasteiger charge is -2.35. The van der Waals surface area contributed by atoms with Crippen LogP contribution in [0.25, 0.3) is 65.7 Å². The van der Waals surface area contributed by atoms with Crippen LogP contribution in [-0.4, -0.2) is 0 Å². The topological polar surface area (TPSA) is 3.24 Å². The highest BCUT2D eigenvalue weighted by Gasteiger charge is 2.52. The monoisotopic (exact) mass is 739 g/mol. The van der Waals surface area contributed by atoms with Crippen molar-refractivity contribution in [2.45, 2.75) is 15.2 Å². The van der Waals surface area contributed by atoms with Gasteiger partial charge in [0.25, 0.3) is 0 Å². The molecule has 10 aromatic rings. The summed E-state index contributed by atoms with van der Waals surface area (Å²) in [5, 5.41) is 7.79. The Labute approximate surface area is 335 Å². The van der Waals surface area contributed by atoms with Gasteiger partial charge in [-0.05, 0) is 136 Å². The molecule has 0 aromatic heterocycles. The minimum absolute atomic E-state index is 0.479. The van der Waals surface area contributed by atoms with Crippen molar-refractivity contribution < 1.29 is 0 Å². The molecule has 0 saturated heterocycles. The minimum atomic E-state index is -0.479. The van der Waals surface area contributed by atoms with Gasteiger partial charge in [0.05, 0.1) is 16.8 Å². The molecule has 0 radical (unpaired) electrons. The summed E-state index contributed by atoms with van der Waals surface area (Å²) >= 11 is 1.86. The number of anilines is 3. The third-order valence-electron chi connectivity index (χ3n) is 12.8. The molecule has 0 fully saturated rings. The third-order valence-corrected chi connectivity index (χ3v) is 14.0. The highest BCUT2D eigenvalue weighted by atomic mass is 32.2. The van der Waals surface area contributed by atoms with E-state index >= 15 is 0 Å². The first-order valence-electron chi connectivity index (χ1n) is 19.8. The smallest absolute Gasteiger partial charge is 0.0726 e. The first-order chi connectivity index (χ1) is 28.3. The summed E-state index contributed by atoms with van der Waals surface area (Å²) < 4.78 is 0. The van der Waals surface area contributed by atoms with Gasteiger partial charge >= 0.3 is 0 Å². The van der Waals surface area contributed by atoms with E-state index in [1.165, 1.54) is 115 Å². The van der Waals surface area contributed by atoms with E-state index in [9.17, 15) is 0 Å². The first kappa shape index (κ1) is 31.3. The number of rotatable bonds is 2. The molecule has 1 spiro atoms. The molecule has 13 rings (SSSR count). The van der Waals surface area contributed by atoms with Crippen molar-refractivity contribution in [1.29, 1.82) is 0 Å². The van der Waals surface area contributed by atoms with E-state index in [4.69, 9.17) is 0 Å². The Bertz CT molecular complexity index is 3230. The molecule has 2 aliphatic carbocycles. The number of fused-ring (bicyclic) bond motifs is 18. The van der Waals surface area contributed by atoms with Gasteiger partial charge in [0.1, 0.15) is 0 Å². The van der Waals surface area contributed by atoms with E-state index in [0.717, 1.165) is 0 Å². The predicted molar refractivity (Wildman–Crippen MR) is 239 cm³/mol. The van der Waals surface area contributed by atoms with E-state index < -0.39 is 5.41 Å². The number of hydrogen-bond donors (Lipinski definition) is 0. The molecule has 1 nitrogen and oxygen atoms in total.